The van der Waals surface area contributed by atoms with E-state index in [1.807, 2.05) is 0 Å². The lowest BCUT2D eigenvalue weighted by atomic mass is 10.1. The molecule has 0 bridgehead atoms. The monoisotopic (exact) mass is 207 g/mol. The number of hydrogen-bond donors (Lipinski definition) is 1. The molecular formula is C11H10FNO2. The lowest BCUT2D eigenvalue weighted by molar-refractivity contribution is 0.0686. The van der Waals surface area contributed by atoms with Gasteiger partial charge in [0.05, 0.1) is 0 Å². The third-order valence-corrected chi connectivity index (χ3v) is 2.62. The fourth-order valence-electron chi connectivity index (χ4n) is 1.90. The van der Waals surface area contributed by atoms with Gasteiger partial charge < -0.3 is 9.67 Å². The van der Waals surface area contributed by atoms with Crippen LogP contribution in [0.1, 0.15) is 16.1 Å². The molecule has 1 aromatic carbocycles. The van der Waals surface area contributed by atoms with E-state index < -0.39 is 5.97 Å². The van der Waals surface area contributed by atoms with Gasteiger partial charge in [0.25, 0.3) is 0 Å². The van der Waals surface area contributed by atoms with Crippen LogP contribution in [0.5, 0.6) is 0 Å². The summed E-state index contributed by atoms with van der Waals surface area (Å²) in [5, 5.41) is 9.65. The van der Waals surface area contributed by atoms with Crippen molar-refractivity contribution in [3.05, 3.63) is 35.3 Å². The Hall–Kier alpha value is -1.84. The minimum absolute atomic E-state index is 0.204. The average molecular weight is 207 g/mol. The van der Waals surface area contributed by atoms with Crippen molar-refractivity contribution in [2.24, 2.45) is 7.05 Å². The molecule has 15 heavy (non-hydrogen) atoms. The summed E-state index contributed by atoms with van der Waals surface area (Å²) in [5.74, 6) is -1.35. The largest absolute Gasteiger partial charge is 0.477 e. The summed E-state index contributed by atoms with van der Waals surface area (Å²) in [7, 11) is 1.66. The van der Waals surface area contributed by atoms with Crippen molar-refractivity contribution in [1.29, 1.82) is 0 Å². The summed E-state index contributed by atoms with van der Waals surface area (Å²) < 4.78 is 14.6. The number of nitrogens with zero attached hydrogens (tertiary/aromatic N) is 1. The number of fused-ring (bicyclic) bond motifs is 1. The molecule has 4 heteroatoms. The first-order valence-electron chi connectivity index (χ1n) is 4.50. The Morgan fingerprint density at radius 2 is 2.13 bits per heavy atom. The van der Waals surface area contributed by atoms with Gasteiger partial charge in [0.15, 0.2) is 0 Å². The number of carboxylic acids is 1. The van der Waals surface area contributed by atoms with Crippen molar-refractivity contribution in [3.8, 4) is 0 Å². The zero-order chi connectivity index (χ0) is 11.2. The smallest absolute Gasteiger partial charge is 0.352 e. The highest BCUT2D eigenvalue weighted by Crippen LogP contribution is 2.25. The van der Waals surface area contributed by atoms with Crippen LogP contribution >= 0.6 is 0 Å². The molecule has 0 saturated carbocycles. The fraction of sp³-hybridized carbons (Fsp3) is 0.182. The van der Waals surface area contributed by atoms with E-state index in [1.165, 1.54) is 12.1 Å². The van der Waals surface area contributed by atoms with Gasteiger partial charge in [-0.25, -0.2) is 9.18 Å². The number of halogens is 1. The van der Waals surface area contributed by atoms with Gasteiger partial charge >= 0.3 is 5.97 Å². The van der Waals surface area contributed by atoms with Crippen LogP contribution in [-0.4, -0.2) is 15.6 Å². The molecule has 2 aromatic rings. The molecule has 0 atom stereocenters. The highest BCUT2D eigenvalue weighted by Gasteiger charge is 2.17. The van der Waals surface area contributed by atoms with E-state index in [1.54, 1.807) is 24.6 Å². The summed E-state index contributed by atoms with van der Waals surface area (Å²) in [4.78, 5) is 11.0. The van der Waals surface area contributed by atoms with Crippen molar-refractivity contribution in [3.63, 3.8) is 0 Å². The van der Waals surface area contributed by atoms with Gasteiger partial charge in [0.2, 0.25) is 0 Å². The molecular weight excluding hydrogens is 197 g/mol. The zero-order valence-corrected chi connectivity index (χ0v) is 8.41. The molecule has 0 radical (unpaired) electrons. The van der Waals surface area contributed by atoms with Gasteiger partial charge in [0, 0.05) is 18.0 Å². The van der Waals surface area contributed by atoms with E-state index in [0.717, 1.165) is 5.52 Å². The van der Waals surface area contributed by atoms with Gasteiger partial charge in [-0.3, -0.25) is 0 Å². The maximum Gasteiger partial charge on any atom is 0.352 e. The molecule has 1 N–H and O–H groups in total. The van der Waals surface area contributed by atoms with Gasteiger partial charge in [-0.1, -0.05) is 0 Å². The average Bonchev–Trinajstić information content (AvgIpc) is 2.39. The van der Waals surface area contributed by atoms with Crippen LogP contribution in [0.3, 0.4) is 0 Å². The standard InChI is InChI=1S/C11H10FNO2/c1-6-8-5-7(12)3-4-9(8)13(2)10(6)11(14)15/h3-5H,1-2H3,(H,14,15). The normalized spacial score (nSPS) is 10.9. The second-order valence-corrected chi connectivity index (χ2v) is 3.50. The Morgan fingerprint density at radius 1 is 1.47 bits per heavy atom. The molecule has 0 spiro atoms. The van der Waals surface area contributed by atoms with Crippen LogP contribution < -0.4 is 0 Å². The molecule has 0 unspecified atom stereocenters. The Balaban J connectivity index is 2.91. The summed E-state index contributed by atoms with van der Waals surface area (Å²) in [5.41, 5.74) is 1.53. The summed E-state index contributed by atoms with van der Waals surface area (Å²) in [6.07, 6.45) is 0. The van der Waals surface area contributed by atoms with E-state index >= 15 is 0 Å². The Bertz CT molecular complexity index is 557. The molecule has 1 heterocycles. The molecule has 0 amide bonds. The van der Waals surface area contributed by atoms with Gasteiger partial charge in [-0.05, 0) is 30.7 Å². The van der Waals surface area contributed by atoms with Crippen LogP contribution in [0.15, 0.2) is 18.2 Å². The second-order valence-electron chi connectivity index (χ2n) is 3.50. The molecule has 2 rings (SSSR count). The molecule has 0 aliphatic carbocycles. The van der Waals surface area contributed by atoms with Crippen LogP contribution in [0, 0.1) is 12.7 Å². The first kappa shape index (κ1) is 9.71. The lowest BCUT2D eigenvalue weighted by Gasteiger charge is -1.98. The maximum absolute atomic E-state index is 13.0. The van der Waals surface area contributed by atoms with Crippen LogP contribution in [0.2, 0.25) is 0 Å². The van der Waals surface area contributed by atoms with Crippen LogP contribution in [0.25, 0.3) is 10.9 Å². The van der Waals surface area contributed by atoms with Gasteiger partial charge in [-0.15, -0.1) is 0 Å². The number of carboxylic acid groups (broad SMARTS) is 1. The third-order valence-electron chi connectivity index (χ3n) is 2.62. The molecule has 3 nitrogen and oxygen atoms in total. The maximum atomic E-state index is 13.0. The van der Waals surface area contributed by atoms with E-state index in [4.69, 9.17) is 5.11 Å². The van der Waals surface area contributed by atoms with Gasteiger partial charge in [-0.2, -0.15) is 0 Å². The van der Waals surface area contributed by atoms with Crippen molar-refractivity contribution < 1.29 is 14.3 Å². The van der Waals surface area contributed by atoms with Crippen molar-refractivity contribution in [2.75, 3.05) is 0 Å². The fourth-order valence-corrected chi connectivity index (χ4v) is 1.90. The first-order valence-corrected chi connectivity index (χ1v) is 4.50. The number of aromatic carboxylic acids is 1. The molecule has 0 aliphatic rings. The highest BCUT2D eigenvalue weighted by atomic mass is 19.1. The Morgan fingerprint density at radius 3 is 2.73 bits per heavy atom. The number of benzene rings is 1. The molecule has 0 saturated heterocycles. The number of carbonyl (C=O) groups is 1. The number of aromatic nitrogens is 1. The summed E-state index contributed by atoms with van der Waals surface area (Å²) in [6.45, 7) is 1.69. The lowest BCUT2D eigenvalue weighted by Crippen LogP contribution is -2.05. The second kappa shape index (κ2) is 3.08. The molecule has 0 aliphatic heterocycles. The zero-order valence-electron chi connectivity index (χ0n) is 8.41. The first-order chi connectivity index (χ1) is 7.02. The summed E-state index contributed by atoms with van der Waals surface area (Å²) >= 11 is 0. The third kappa shape index (κ3) is 1.29. The van der Waals surface area contributed by atoms with E-state index in [0.29, 0.717) is 10.9 Å². The van der Waals surface area contributed by atoms with E-state index in [2.05, 4.69) is 0 Å². The number of hydrogen-bond acceptors (Lipinski definition) is 1. The van der Waals surface area contributed by atoms with Crippen molar-refractivity contribution in [1.82, 2.24) is 4.57 Å². The molecule has 1 aromatic heterocycles. The Labute approximate surface area is 85.7 Å². The molecule has 78 valence electrons. The van der Waals surface area contributed by atoms with Crippen molar-refractivity contribution in [2.45, 2.75) is 6.92 Å². The SMILES string of the molecule is Cc1c(C(=O)O)n(C)c2ccc(F)cc12. The van der Waals surface area contributed by atoms with Crippen molar-refractivity contribution >= 4 is 16.9 Å². The topological polar surface area (TPSA) is 42.2 Å². The van der Waals surface area contributed by atoms with E-state index in [9.17, 15) is 9.18 Å². The number of aryl methyl sites for hydroxylation is 2. The molecule has 0 fully saturated rings. The summed E-state index contributed by atoms with van der Waals surface area (Å²) in [6, 6.07) is 4.27. The number of rotatable bonds is 1. The van der Waals surface area contributed by atoms with Crippen LogP contribution in [-0.2, 0) is 7.05 Å². The van der Waals surface area contributed by atoms with Gasteiger partial charge in [0.1, 0.15) is 11.5 Å². The minimum atomic E-state index is -0.994. The van der Waals surface area contributed by atoms with Crippen LogP contribution in [0.4, 0.5) is 4.39 Å². The predicted molar refractivity (Wildman–Crippen MR) is 54.6 cm³/mol. The van der Waals surface area contributed by atoms with E-state index in [-0.39, 0.29) is 11.5 Å². The predicted octanol–water partition coefficient (Wildman–Crippen LogP) is 2.32. The highest BCUT2D eigenvalue weighted by molar-refractivity contribution is 5.97. The Kier molecular flexibility index (Phi) is 2.00. The quantitative estimate of drug-likeness (QED) is 0.779. The minimum Gasteiger partial charge on any atom is -0.477 e.